The van der Waals surface area contributed by atoms with E-state index in [4.69, 9.17) is 0 Å². The summed E-state index contributed by atoms with van der Waals surface area (Å²) in [6.07, 6.45) is 9.20. The first-order valence-electron chi connectivity index (χ1n) is 3.77. The SMILES string of the molecule is C[CH]C(C=CC)CCC. The van der Waals surface area contributed by atoms with Crippen molar-refractivity contribution in [3.8, 4) is 0 Å². The first-order valence-corrected chi connectivity index (χ1v) is 3.77. The highest BCUT2D eigenvalue weighted by molar-refractivity contribution is 4.91. The lowest BCUT2D eigenvalue weighted by atomic mass is 10.0. The van der Waals surface area contributed by atoms with Crippen LogP contribution in [0.4, 0.5) is 0 Å². The molecule has 53 valence electrons. The summed E-state index contributed by atoms with van der Waals surface area (Å²) in [4.78, 5) is 0. The van der Waals surface area contributed by atoms with Crippen LogP contribution in [-0.2, 0) is 0 Å². The molecule has 1 atom stereocenters. The standard InChI is InChI=1S/C9H17/c1-4-7-9(6-3)8-5-2/h4,6-7,9H,5,8H2,1-3H3. The smallest absolute Gasteiger partial charge is 0.0205 e. The summed E-state index contributed by atoms with van der Waals surface area (Å²) in [5.74, 6) is 0.708. The molecular weight excluding hydrogens is 108 g/mol. The lowest BCUT2D eigenvalue weighted by molar-refractivity contribution is 0.652. The number of hydrogen-bond donors (Lipinski definition) is 0. The summed E-state index contributed by atoms with van der Waals surface area (Å²) in [6, 6.07) is 0. The molecule has 0 aromatic rings. The van der Waals surface area contributed by atoms with E-state index < -0.39 is 0 Å². The summed E-state index contributed by atoms with van der Waals surface area (Å²) in [5.41, 5.74) is 0. The molecule has 0 amide bonds. The normalized spacial score (nSPS) is 14.6. The quantitative estimate of drug-likeness (QED) is 0.506. The molecule has 0 aromatic heterocycles. The number of hydrogen-bond acceptors (Lipinski definition) is 0. The molecule has 1 radical (unpaired) electrons. The van der Waals surface area contributed by atoms with Crippen LogP contribution in [0.2, 0.25) is 0 Å². The fraction of sp³-hybridized carbons (Fsp3) is 0.667. The number of allylic oxidation sites excluding steroid dienone is 2. The van der Waals surface area contributed by atoms with Crippen molar-refractivity contribution in [2.24, 2.45) is 5.92 Å². The lowest BCUT2D eigenvalue weighted by Gasteiger charge is -2.05. The highest BCUT2D eigenvalue weighted by Crippen LogP contribution is 2.10. The second kappa shape index (κ2) is 5.87. The Balaban J connectivity index is 3.41. The summed E-state index contributed by atoms with van der Waals surface area (Å²) in [5, 5.41) is 0. The molecule has 0 nitrogen and oxygen atoms in total. The van der Waals surface area contributed by atoms with Crippen LogP contribution in [0, 0.1) is 12.3 Å². The van der Waals surface area contributed by atoms with Crippen LogP contribution in [0.25, 0.3) is 0 Å². The van der Waals surface area contributed by atoms with E-state index in [1.54, 1.807) is 0 Å². The van der Waals surface area contributed by atoms with E-state index in [1.165, 1.54) is 12.8 Å². The zero-order chi connectivity index (χ0) is 7.11. The molecular formula is C9H17. The third-order valence-corrected chi connectivity index (χ3v) is 1.49. The van der Waals surface area contributed by atoms with Gasteiger partial charge in [0.1, 0.15) is 0 Å². The van der Waals surface area contributed by atoms with Crippen molar-refractivity contribution < 1.29 is 0 Å². The van der Waals surface area contributed by atoms with Crippen LogP contribution < -0.4 is 0 Å². The lowest BCUT2D eigenvalue weighted by Crippen LogP contribution is -1.92. The van der Waals surface area contributed by atoms with Gasteiger partial charge >= 0.3 is 0 Å². The van der Waals surface area contributed by atoms with Gasteiger partial charge in [-0.15, -0.1) is 0 Å². The molecule has 0 aliphatic heterocycles. The van der Waals surface area contributed by atoms with E-state index in [0.29, 0.717) is 5.92 Å². The third kappa shape index (κ3) is 4.26. The van der Waals surface area contributed by atoms with Crippen LogP contribution >= 0.6 is 0 Å². The third-order valence-electron chi connectivity index (χ3n) is 1.49. The molecule has 0 bridgehead atoms. The Bertz CT molecular complexity index is 72.1. The van der Waals surface area contributed by atoms with Crippen molar-refractivity contribution in [3.63, 3.8) is 0 Å². The van der Waals surface area contributed by atoms with Gasteiger partial charge in [-0.2, -0.15) is 0 Å². The van der Waals surface area contributed by atoms with E-state index in [9.17, 15) is 0 Å². The topological polar surface area (TPSA) is 0 Å². The van der Waals surface area contributed by atoms with E-state index in [-0.39, 0.29) is 0 Å². The predicted molar refractivity (Wildman–Crippen MR) is 43.2 cm³/mol. The molecule has 9 heavy (non-hydrogen) atoms. The van der Waals surface area contributed by atoms with Gasteiger partial charge in [0.15, 0.2) is 0 Å². The Morgan fingerprint density at radius 2 is 2.00 bits per heavy atom. The molecule has 0 N–H and O–H groups in total. The average Bonchev–Trinajstić information content (AvgIpc) is 1.88. The summed E-state index contributed by atoms with van der Waals surface area (Å²) in [7, 11) is 0. The van der Waals surface area contributed by atoms with Crippen molar-refractivity contribution in [2.45, 2.75) is 33.6 Å². The first kappa shape index (κ1) is 8.74. The minimum absolute atomic E-state index is 0.708. The van der Waals surface area contributed by atoms with Gasteiger partial charge in [-0.1, -0.05) is 32.4 Å². The van der Waals surface area contributed by atoms with Gasteiger partial charge in [0.2, 0.25) is 0 Å². The largest absolute Gasteiger partial charge is 0.0914 e. The predicted octanol–water partition coefficient (Wildman–Crippen LogP) is 3.20. The molecule has 0 aliphatic rings. The summed E-state index contributed by atoms with van der Waals surface area (Å²) < 4.78 is 0. The van der Waals surface area contributed by atoms with Gasteiger partial charge in [-0.05, 0) is 25.7 Å². The van der Waals surface area contributed by atoms with Crippen LogP contribution in [0.5, 0.6) is 0 Å². The van der Waals surface area contributed by atoms with Crippen LogP contribution in [0.15, 0.2) is 12.2 Å². The van der Waals surface area contributed by atoms with E-state index in [0.717, 1.165) is 0 Å². The highest BCUT2D eigenvalue weighted by Gasteiger charge is 1.97. The van der Waals surface area contributed by atoms with Crippen molar-refractivity contribution in [1.82, 2.24) is 0 Å². The Morgan fingerprint density at radius 3 is 2.33 bits per heavy atom. The summed E-state index contributed by atoms with van der Waals surface area (Å²) in [6.45, 7) is 6.42. The fourth-order valence-corrected chi connectivity index (χ4v) is 0.955. The molecule has 0 heteroatoms. The minimum atomic E-state index is 0.708. The van der Waals surface area contributed by atoms with E-state index in [1.807, 2.05) is 0 Å². The van der Waals surface area contributed by atoms with Crippen molar-refractivity contribution in [1.29, 1.82) is 0 Å². The van der Waals surface area contributed by atoms with Crippen molar-refractivity contribution in [3.05, 3.63) is 18.6 Å². The Morgan fingerprint density at radius 1 is 1.33 bits per heavy atom. The van der Waals surface area contributed by atoms with Gasteiger partial charge in [-0.25, -0.2) is 0 Å². The Kier molecular flexibility index (Phi) is 5.70. The molecule has 1 unspecified atom stereocenters. The molecule has 0 aromatic carbocycles. The van der Waals surface area contributed by atoms with E-state index in [2.05, 4.69) is 39.3 Å². The first-order chi connectivity index (χ1) is 4.35. The highest BCUT2D eigenvalue weighted by atomic mass is 14.0. The average molecular weight is 125 g/mol. The van der Waals surface area contributed by atoms with Gasteiger partial charge in [0.05, 0.1) is 0 Å². The molecule has 0 saturated carbocycles. The van der Waals surface area contributed by atoms with Crippen LogP contribution in [0.1, 0.15) is 33.6 Å². The zero-order valence-corrected chi connectivity index (χ0v) is 6.72. The van der Waals surface area contributed by atoms with Gasteiger partial charge in [0, 0.05) is 0 Å². The molecule has 0 saturated heterocycles. The Hall–Kier alpha value is -0.260. The molecule has 0 rings (SSSR count). The maximum atomic E-state index is 2.25. The zero-order valence-electron chi connectivity index (χ0n) is 6.72. The fourth-order valence-electron chi connectivity index (χ4n) is 0.955. The van der Waals surface area contributed by atoms with Crippen LogP contribution in [0.3, 0.4) is 0 Å². The van der Waals surface area contributed by atoms with Crippen molar-refractivity contribution in [2.75, 3.05) is 0 Å². The molecule has 0 spiro atoms. The van der Waals surface area contributed by atoms with Gasteiger partial charge in [0.25, 0.3) is 0 Å². The van der Waals surface area contributed by atoms with Crippen LogP contribution in [-0.4, -0.2) is 0 Å². The van der Waals surface area contributed by atoms with E-state index >= 15 is 0 Å². The number of rotatable bonds is 4. The van der Waals surface area contributed by atoms with Gasteiger partial charge in [-0.3, -0.25) is 0 Å². The maximum absolute atomic E-state index is 2.25. The molecule has 0 heterocycles. The monoisotopic (exact) mass is 125 g/mol. The van der Waals surface area contributed by atoms with Gasteiger partial charge < -0.3 is 0 Å². The summed E-state index contributed by atoms with van der Waals surface area (Å²) >= 11 is 0. The maximum Gasteiger partial charge on any atom is -0.0205 e. The molecule has 0 aliphatic carbocycles. The van der Waals surface area contributed by atoms with Crippen molar-refractivity contribution >= 4 is 0 Å². The second-order valence-corrected chi connectivity index (χ2v) is 2.31. The second-order valence-electron chi connectivity index (χ2n) is 2.31. The molecule has 0 fully saturated rings. The minimum Gasteiger partial charge on any atom is -0.0914 e. The Labute approximate surface area is 59.0 Å².